The van der Waals surface area contributed by atoms with Gasteiger partial charge in [0.2, 0.25) is 5.91 Å². The van der Waals surface area contributed by atoms with E-state index >= 15 is 0 Å². The van der Waals surface area contributed by atoms with E-state index in [0.29, 0.717) is 17.9 Å². The molecular formula is C45H54N10O. The summed E-state index contributed by atoms with van der Waals surface area (Å²) in [6, 6.07) is 10.9. The summed E-state index contributed by atoms with van der Waals surface area (Å²) in [4.78, 5) is 43.4. The zero-order valence-electron chi connectivity index (χ0n) is 32.7. The van der Waals surface area contributed by atoms with Crippen LogP contribution in [0.4, 0.5) is 5.82 Å². The number of benzene rings is 2. The van der Waals surface area contributed by atoms with Gasteiger partial charge in [0.15, 0.2) is 0 Å². The number of amides is 1. The van der Waals surface area contributed by atoms with Gasteiger partial charge in [-0.05, 0) is 97.9 Å². The van der Waals surface area contributed by atoms with Crippen molar-refractivity contribution in [1.29, 1.82) is 0 Å². The van der Waals surface area contributed by atoms with Crippen LogP contribution in [0.1, 0.15) is 96.9 Å². The monoisotopic (exact) mass is 750 g/mol. The highest BCUT2D eigenvalue weighted by Gasteiger charge is 2.37. The Morgan fingerprint density at radius 3 is 1.88 bits per heavy atom. The number of anilines is 1. The summed E-state index contributed by atoms with van der Waals surface area (Å²) in [6.45, 7) is 9.83. The van der Waals surface area contributed by atoms with Gasteiger partial charge in [0.25, 0.3) is 0 Å². The van der Waals surface area contributed by atoms with Crippen LogP contribution < -0.4 is 4.90 Å². The molecule has 0 unspecified atom stereocenters. The van der Waals surface area contributed by atoms with Crippen LogP contribution in [-0.4, -0.2) is 101 Å². The SMILES string of the molecule is O=C(C1CCC1)N1CCc2cc3nc4n(c3cc2C1)CCN(C1CC(c2cncc(N3CCc5cc6nc7n(c6cc5C3)CCN(C3CCC3)CC7)n2)C1)CC4. The maximum Gasteiger partial charge on any atom is 0.225 e. The van der Waals surface area contributed by atoms with Gasteiger partial charge in [0, 0.05) is 108 Å². The van der Waals surface area contributed by atoms with E-state index in [4.69, 9.17) is 19.9 Å². The van der Waals surface area contributed by atoms with Crippen LogP contribution in [0, 0.1) is 5.92 Å². The van der Waals surface area contributed by atoms with E-state index in [9.17, 15) is 4.79 Å². The number of aromatic nitrogens is 6. The lowest BCUT2D eigenvalue weighted by molar-refractivity contribution is -0.139. The summed E-state index contributed by atoms with van der Waals surface area (Å²) in [6.07, 6.45) is 17.8. The zero-order chi connectivity index (χ0) is 36.9. The highest BCUT2D eigenvalue weighted by Crippen LogP contribution is 2.41. The zero-order valence-corrected chi connectivity index (χ0v) is 32.7. The van der Waals surface area contributed by atoms with Crippen molar-refractivity contribution < 1.29 is 4.79 Å². The number of carbonyl (C=O) groups is 1. The third-order valence-corrected chi connectivity index (χ3v) is 15.2. The summed E-state index contributed by atoms with van der Waals surface area (Å²) < 4.78 is 4.99. The van der Waals surface area contributed by atoms with Gasteiger partial charge in [-0.15, -0.1) is 0 Å². The number of nitrogens with zero attached hydrogens (tertiary/aromatic N) is 10. The largest absolute Gasteiger partial charge is 0.351 e. The second-order valence-electron chi connectivity index (χ2n) is 18.2. The Hall–Kier alpha value is -4.35. The van der Waals surface area contributed by atoms with E-state index in [0.717, 1.165) is 140 Å². The smallest absolute Gasteiger partial charge is 0.225 e. The van der Waals surface area contributed by atoms with Crippen LogP contribution in [0.3, 0.4) is 0 Å². The Morgan fingerprint density at radius 1 is 0.589 bits per heavy atom. The van der Waals surface area contributed by atoms with Crippen LogP contribution in [0.5, 0.6) is 0 Å². The topological polar surface area (TPSA) is 91.5 Å². The minimum atomic E-state index is 0.265. The van der Waals surface area contributed by atoms with Crippen molar-refractivity contribution >= 4 is 33.8 Å². The van der Waals surface area contributed by atoms with Gasteiger partial charge < -0.3 is 18.9 Å². The minimum Gasteiger partial charge on any atom is -0.351 e. The van der Waals surface area contributed by atoms with Crippen molar-refractivity contribution in [1.82, 2.24) is 43.8 Å². The molecule has 7 aliphatic rings. The highest BCUT2D eigenvalue weighted by atomic mass is 16.2. The van der Waals surface area contributed by atoms with Gasteiger partial charge in [-0.3, -0.25) is 19.6 Å². The number of imidazole rings is 2. The molecule has 0 atom stereocenters. The van der Waals surface area contributed by atoms with Crippen molar-refractivity contribution in [3.8, 4) is 0 Å². The van der Waals surface area contributed by atoms with Crippen molar-refractivity contribution in [2.75, 3.05) is 44.2 Å². The van der Waals surface area contributed by atoms with Gasteiger partial charge in [0.05, 0.1) is 34.0 Å². The molecule has 0 spiro atoms. The molecule has 12 rings (SSSR count). The van der Waals surface area contributed by atoms with Gasteiger partial charge in [-0.25, -0.2) is 15.0 Å². The molecular weight excluding hydrogens is 697 g/mol. The quantitative estimate of drug-likeness (QED) is 0.228. The van der Waals surface area contributed by atoms with Crippen molar-refractivity contribution in [2.24, 2.45) is 5.92 Å². The Morgan fingerprint density at radius 2 is 1.23 bits per heavy atom. The van der Waals surface area contributed by atoms with E-state index in [1.54, 1.807) is 0 Å². The second kappa shape index (κ2) is 13.4. The summed E-state index contributed by atoms with van der Waals surface area (Å²) in [5.74, 6) is 4.60. The molecule has 290 valence electrons. The van der Waals surface area contributed by atoms with Crippen LogP contribution in [0.15, 0.2) is 36.7 Å². The standard InChI is InChI=1S/C45H54N10O/c56-45(29-3-1-4-29)53-12-8-31-22-38-41(24-34(31)28-53)55-18-16-51(14-10-43(55)48-38)36-19-32(20-36)39-25-46-26-44(49-39)52-11-7-30-21-37-40(23-33(30)27-52)54-17-15-50(35-5-2-6-35)13-9-42(54)47-37/h21-26,29,32,35-36H,1-20,27-28H2. The van der Waals surface area contributed by atoms with E-state index in [1.165, 1.54) is 76.1 Å². The molecule has 1 amide bonds. The molecule has 5 aromatic rings. The molecule has 4 aliphatic heterocycles. The van der Waals surface area contributed by atoms with Gasteiger partial charge in [-0.1, -0.05) is 12.8 Å². The fourth-order valence-corrected chi connectivity index (χ4v) is 11.1. The number of rotatable bonds is 5. The van der Waals surface area contributed by atoms with E-state index in [2.05, 4.69) is 53.0 Å². The summed E-state index contributed by atoms with van der Waals surface area (Å²) in [7, 11) is 0. The van der Waals surface area contributed by atoms with Crippen LogP contribution >= 0.6 is 0 Å². The molecule has 7 heterocycles. The third kappa shape index (κ3) is 5.69. The van der Waals surface area contributed by atoms with Crippen LogP contribution in [0.25, 0.3) is 22.1 Å². The van der Waals surface area contributed by atoms with Gasteiger partial charge in [0.1, 0.15) is 17.5 Å². The molecule has 0 saturated heterocycles. The Bertz CT molecular complexity index is 2350. The van der Waals surface area contributed by atoms with Crippen LogP contribution in [-0.2, 0) is 56.7 Å². The minimum absolute atomic E-state index is 0.265. The number of carbonyl (C=O) groups excluding carboxylic acids is 1. The molecule has 3 saturated carbocycles. The number of hydrogen-bond donors (Lipinski definition) is 0. The predicted octanol–water partition coefficient (Wildman–Crippen LogP) is 5.64. The fraction of sp³-hybridized carbons (Fsp3) is 0.578. The molecule has 0 N–H and O–H groups in total. The maximum atomic E-state index is 13.1. The Balaban J connectivity index is 0.696. The molecule has 0 radical (unpaired) electrons. The van der Waals surface area contributed by atoms with E-state index in [1.807, 2.05) is 12.4 Å². The molecule has 3 fully saturated rings. The first kappa shape index (κ1) is 33.8. The molecule has 3 aromatic heterocycles. The first-order valence-corrected chi connectivity index (χ1v) is 21.9. The molecule has 0 bridgehead atoms. The lowest BCUT2D eigenvalue weighted by Gasteiger charge is -2.42. The fourth-order valence-electron chi connectivity index (χ4n) is 11.1. The second-order valence-corrected chi connectivity index (χ2v) is 18.2. The van der Waals surface area contributed by atoms with E-state index in [-0.39, 0.29) is 5.92 Å². The first-order valence-electron chi connectivity index (χ1n) is 21.9. The number of fused-ring (bicyclic) bond motifs is 8. The lowest BCUT2D eigenvalue weighted by atomic mass is 9.77. The molecule has 2 aromatic carbocycles. The average molecular weight is 751 g/mol. The first-order chi connectivity index (χ1) is 27.6. The lowest BCUT2D eigenvalue weighted by Crippen LogP contribution is -2.45. The molecule has 3 aliphatic carbocycles. The summed E-state index contributed by atoms with van der Waals surface area (Å²) in [5, 5.41) is 0. The summed E-state index contributed by atoms with van der Waals surface area (Å²) >= 11 is 0. The molecule has 11 heteroatoms. The van der Waals surface area contributed by atoms with Gasteiger partial charge in [-0.2, -0.15) is 0 Å². The third-order valence-electron chi connectivity index (χ3n) is 15.2. The predicted molar refractivity (Wildman–Crippen MR) is 217 cm³/mol. The number of hydrogen-bond acceptors (Lipinski definition) is 8. The van der Waals surface area contributed by atoms with Crippen LogP contribution in [0.2, 0.25) is 0 Å². The Labute approximate surface area is 329 Å². The van der Waals surface area contributed by atoms with Crippen molar-refractivity contribution in [3.05, 3.63) is 76.3 Å². The maximum absolute atomic E-state index is 13.1. The van der Waals surface area contributed by atoms with Crippen molar-refractivity contribution in [2.45, 2.75) is 121 Å². The molecule has 11 nitrogen and oxygen atoms in total. The van der Waals surface area contributed by atoms with Crippen molar-refractivity contribution in [3.63, 3.8) is 0 Å². The van der Waals surface area contributed by atoms with Gasteiger partial charge >= 0.3 is 0 Å². The Kier molecular flexibility index (Phi) is 8.06. The highest BCUT2D eigenvalue weighted by molar-refractivity contribution is 5.82. The normalized spacial score (nSPS) is 24.7. The molecule has 56 heavy (non-hydrogen) atoms. The summed E-state index contributed by atoms with van der Waals surface area (Å²) in [5.41, 5.74) is 11.6. The van der Waals surface area contributed by atoms with E-state index < -0.39 is 0 Å². The average Bonchev–Trinajstić information content (AvgIpc) is 3.49.